The van der Waals surface area contributed by atoms with Crippen molar-refractivity contribution in [1.82, 2.24) is 10.0 Å². The second-order valence-electron chi connectivity index (χ2n) is 4.92. The Hall–Kier alpha value is -0.820. The van der Waals surface area contributed by atoms with Crippen LogP contribution in [0.4, 0.5) is 0 Å². The number of hydrogen-bond donors (Lipinski definition) is 2. The zero-order valence-electron chi connectivity index (χ0n) is 13.2. The molecule has 0 aliphatic heterocycles. The van der Waals surface area contributed by atoms with Gasteiger partial charge in [0.05, 0.1) is 7.11 Å². The normalized spacial score (nSPS) is 12.6. The van der Waals surface area contributed by atoms with E-state index < -0.39 is 10.0 Å². The summed E-state index contributed by atoms with van der Waals surface area (Å²) in [5.41, 5.74) is 1.66. The Labute approximate surface area is 133 Å². The number of likely N-dealkylation sites (N-methyl/N-ethyl adjacent to an activating group) is 1. The summed E-state index contributed by atoms with van der Waals surface area (Å²) < 4.78 is 32.7. The van der Waals surface area contributed by atoms with Crippen molar-refractivity contribution in [3.8, 4) is 5.75 Å². The van der Waals surface area contributed by atoms with Crippen molar-refractivity contribution in [1.29, 1.82) is 0 Å². The molecule has 1 atom stereocenters. The maximum atomic E-state index is 12.4. The van der Waals surface area contributed by atoms with Crippen molar-refractivity contribution < 1.29 is 13.2 Å². The molecule has 1 aromatic carbocycles. The lowest BCUT2D eigenvalue weighted by atomic mass is 10.1. The van der Waals surface area contributed by atoms with E-state index in [9.17, 15) is 8.42 Å². The molecule has 0 bridgehead atoms. The molecule has 1 aromatic rings. The number of aryl methyl sites for hydroxylation is 2. The molecule has 0 aromatic heterocycles. The molecule has 0 radical (unpaired) electrons. The van der Waals surface area contributed by atoms with E-state index in [-0.39, 0.29) is 23.3 Å². The fourth-order valence-electron chi connectivity index (χ4n) is 2.14. The molecule has 0 amide bonds. The molecule has 0 saturated heterocycles. The standard InChI is InChI=1S/C14H24N2O3S.ClH/c1-6-15-12(4)9-16-20(17,18)14-11(3)7-10(2)8-13(14)19-5;/h7-8,12,15-16H,6,9H2,1-5H3;1H/t12-;/m1./s1. The fourth-order valence-corrected chi connectivity index (χ4v) is 3.64. The smallest absolute Gasteiger partial charge is 0.244 e. The van der Waals surface area contributed by atoms with Gasteiger partial charge in [-0.15, -0.1) is 12.4 Å². The van der Waals surface area contributed by atoms with Crippen molar-refractivity contribution in [2.75, 3.05) is 20.2 Å². The van der Waals surface area contributed by atoms with E-state index in [1.54, 1.807) is 13.0 Å². The molecule has 0 spiro atoms. The number of sulfonamides is 1. The number of ether oxygens (including phenoxy) is 1. The zero-order valence-corrected chi connectivity index (χ0v) is 14.8. The molecule has 0 fully saturated rings. The third-order valence-corrected chi connectivity index (χ3v) is 4.61. The molecule has 1 rings (SSSR count). The number of halogens is 1. The van der Waals surface area contributed by atoms with Gasteiger partial charge in [0, 0.05) is 12.6 Å². The van der Waals surface area contributed by atoms with Gasteiger partial charge in [0.2, 0.25) is 10.0 Å². The summed E-state index contributed by atoms with van der Waals surface area (Å²) >= 11 is 0. The van der Waals surface area contributed by atoms with Gasteiger partial charge in [0.15, 0.2) is 0 Å². The Morgan fingerprint density at radius 2 is 1.90 bits per heavy atom. The van der Waals surface area contributed by atoms with E-state index in [0.717, 1.165) is 12.1 Å². The minimum absolute atomic E-state index is 0. The number of rotatable bonds is 7. The summed E-state index contributed by atoms with van der Waals surface area (Å²) in [6, 6.07) is 3.65. The molecule has 0 unspecified atom stereocenters. The van der Waals surface area contributed by atoms with Gasteiger partial charge in [-0.3, -0.25) is 0 Å². The van der Waals surface area contributed by atoms with Crippen LogP contribution in [0.15, 0.2) is 17.0 Å². The van der Waals surface area contributed by atoms with Crippen LogP contribution in [0.2, 0.25) is 0 Å². The number of methoxy groups -OCH3 is 1. The van der Waals surface area contributed by atoms with E-state index in [2.05, 4.69) is 10.0 Å². The van der Waals surface area contributed by atoms with Gasteiger partial charge >= 0.3 is 0 Å². The van der Waals surface area contributed by atoms with E-state index in [1.807, 2.05) is 26.8 Å². The lowest BCUT2D eigenvalue weighted by molar-refractivity contribution is 0.401. The molecule has 7 heteroatoms. The van der Waals surface area contributed by atoms with Gasteiger partial charge in [0.1, 0.15) is 10.6 Å². The van der Waals surface area contributed by atoms with Crippen molar-refractivity contribution >= 4 is 22.4 Å². The van der Waals surface area contributed by atoms with Crippen molar-refractivity contribution in [2.45, 2.75) is 38.6 Å². The molecule has 0 heterocycles. The Kier molecular flexibility index (Phi) is 8.25. The molecule has 21 heavy (non-hydrogen) atoms. The van der Waals surface area contributed by atoms with Crippen LogP contribution in [-0.4, -0.2) is 34.7 Å². The molecule has 2 N–H and O–H groups in total. The third kappa shape index (κ3) is 5.47. The molecule has 5 nitrogen and oxygen atoms in total. The number of nitrogens with one attached hydrogen (secondary N) is 2. The van der Waals surface area contributed by atoms with Crippen LogP contribution in [-0.2, 0) is 10.0 Å². The van der Waals surface area contributed by atoms with Gasteiger partial charge in [-0.2, -0.15) is 0 Å². The topological polar surface area (TPSA) is 67.4 Å². The molecule has 0 aliphatic carbocycles. The maximum Gasteiger partial charge on any atom is 0.244 e. The van der Waals surface area contributed by atoms with Crippen LogP contribution < -0.4 is 14.8 Å². The fraction of sp³-hybridized carbons (Fsp3) is 0.571. The highest BCUT2D eigenvalue weighted by Gasteiger charge is 2.22. The minimum Gasteiger partial charge on any atom is -0.495 e. The van der Waals surface area contributed by atoms with Gasteiger partial charge in [-0.25, -0.2) is 13.1 Å². The number of hydrogen-bond acceptors (Lipinski definition) is 4. The highest BCUT2D eigenvalue weighted by molar-refractivity contribution is 7.89. The van der Waals surface area contributed by atoms with Crippen molar-refractivity contribution in [3.05, 3.63) is 23.3 Å². The first kappa shape index (κ1) is 20.2. The van der Waals surface area contributed by atoms with Crippen molar-refractivity contribution in [2.24, 2.45) is 0 Å². The Morgan fingerprint density at radius 1 is 1.29 bits per heavy atom. The average molecular weight is 337 g/mol. The highest BCUT2D eigenvalue weighted by Crippen LogP contribution is 2.28. The molecule has 122 valence electrons. The van der Waals surface area contributed by atoms with E-state index in [0.29, 0.717) is 17.9 Å². The molecular formula is C14H25ClN2O3S. The monoisotopic (exact) mass is 336 g/mol. The largest absolute Gasteiger partial charge is 0.495 e. The van der Waals surface area contributed by atoms with Crippen LogP contribution in [0.5, 0.6) is 5.75 Å². The van der Waals surface area contributed by atoms with Gasteiger partial charge in [0.25, 0.3) is 0 Å². The van der Waals surface area contributed by atoms with E-state index in [4.69, 9.17) is 4.74 Å². The average Bonchev–Trinajstić information content (AvgIpc) is 2.35. The van der Waals surface area contributed by atoms with Gasteiger partial charge in [-0.1, -0.05) is 13.0 Å². The van der Waals surface area contributed by atoms with Gasteiger partial charge in [-0.05, 0) is 44.5 Å². The first-order valence-electron chi connectivity index (χ1n) is 6.70. The Morgan fingerprint density at radius 3 is 2.43 bits per heavy atom. The second kappa shape index (κ2) is 8.58. The SMILES string of the molecule is CCN[C@H](C)CNS(=O)(=O)c1c(C)cc(C)cc1OC.Cl. The first-order valence-corrected chi connectivity index (χ1v) is 8.18. The second-order valence-corrected chi connectivity index (χ2v) is 6.63. The lowest BCUT2D eigenvalue weighted by Gasteiger charge is -2.17. The van der Waals surface area contributed by atoms with E-state index in [1.165, 1.54) is 7.11 Å². The summed E-state index contributed by atoms with van der Waals surface area (Å²) in [6.45, 7) is 8.75. The molecule has 0 saturated carbocycles. The quantitative estimate of drug-likeness (QED) is 0.799. The summed E-state index contributed by atoms with van der Waals surface area (Å²) in [7, 11) is -2.10. The summed E-state index contributed by atoms with van der Waals surface area (Å²) in [5.74, 6) is 0.381. The molecule has 0 aliphatic rings. The van der Waals surface area contributed by atoms with Crippen LogP contribution in [0.3, 0.4) is 0 Å². The predicted octanol–water partition coefficient (Wildman–Crippen LogP) is 2.01. The van der Waals surface area contributed by atoms with E-state index >= 15 is 0 Å². The van der Waals surface area contributed by atoms with Crippen molar-refractivity contribution in [3.63, 3.8) is 0 Å². The highest BCUT2D eigenvalue weighted by atomic mass is 35.5. The molecular weight excluding hydrogens is 312 g/mol. The summed E-state index contributed by atoms with van der Waals surface area (Å²) in [4.78, 5) is 0.217. The zero-order chi connectivity index (χ0) is 15.3. The van der Waals surface area contributed by atoms with Crippen LogP contribution in [0.1, 0.15) is 25.0 Å². The van der Waals surface area contributed by atoms with Crippen LogP contribution in [0.25, 0.3) is 0 Å². The lowest BCUT2D eigenvalue weighted by Crippen LogP contribution is -2.39. The summed E-state index contributed by atoms with van der Waals surface area (Å²) in [6.07, 6.45) is 0. The van der Waals surface area contributed by atoms with Gasteiger partial charge < -0.3 is 10.1 Å². The Balaban J connectivity index is 0.00000400. The van der Waals surface area contributed by atoms with Crippen LogP contribution >= 0.6 is 12.4 Å². The minimum atomic E-state index is -3.58. The third-order valence-electron chi connectivity index (χ3n) is 3.01. The van der Waals surface area contributed by atoms with Crippen LogP contribution in [0, 0.1) is 13.8 Å². The predicted molar refractivity (Wildman–Crippen MR) is 88.0 cm³/mol. The maximum absolute atomic E-state index is 12.4. The number of benzene rings is 1. The first-order chi connectivity index (χ1) is 9.31. The Bertz CT molecular complexity index is 562. The summed E-state index contributed by atoms with van der Waals surface area (Å²) in [5, 5.41) is 3.16.